The number of para-hydroxylation sites is 1. The Bertz CT molecular complexity index is 874. The molecule has 0 radical (unpaired) electrons. The molecular formula is C20H18N2O3S. The van der Waals surface area contributed by atoms with Crippen LogP contribution < -0.4 is 10.1 Å². The number of thioether (sulfide) groups is 1. The van der Waals surface area contributed by atoms with Crippen molar-refractivity contribution < 1.29 is 13.9 Å². The van der Waals surface area contributed by atoms with Crippen molar-refractivity contribution in [3.63, 3.8) is 0 Å². The molecule has 0 unspecified atom stereocenters. The first-order valence-electron chi connectivity index (χ1n) is 7.98. The number of carbonyl (C=O) groups is 1. The average molecular weight is 366 g/mol. The molecule has 0 aliphatic heterocycles. The van der Waals surface area contributed by atoms with E-state index in [-0.39, 0.29) is 11.7 Å². The van der Waals surface area contributed by atoms with Crippen LogP contribution in [0.15, 0.2) is 81.2 Å². The molecule has 2 aromatic carbocycles. The van der Waals surface area contributed by atoms with Crippen LogP contribution in [0.5, 0.6) is 5.75 Å². The lowest BCUT2D eigenvalue weighted by atomic mass is 10.3. The lowest BCUT2D eigenvalue weighted by Gasteiger charge is -2.03. The maximum absolute atomic E-state index is 11.9. The number of furan rings is 1. The molecule has 1 aromatic heterocycles. The van der Waals surface area contributed by atoms with E-state index < -0.39 is 0 Å². The summed E-state index contributed by atoms with van der Waals surface area (Å²) in [6.45, 7) is 0. The molecule has 0 spiro atoms. The van der Waals surface area contributed by atoms with Gasteiger partial charge in [-0.1, -0.05) is 30.0 Å². The van der Waals surface area contributed by atoms with E-state index in [1.807, 2.05) is 66.7 Å². The Balaban J connectivity index is 1.51. The van der Waals surface area contributed by atoms with E-state index in [9.17, 15) is 4.79 Å². The van der Waals surface area contributed by atoms with Crippen molar-refractivity contribution in [2.45, 2.75) is 5.09 Å². The molecule has 3 rings (SSSR count). The fourth-order valence-electron chi connectivity index (χ4n) is 2.14. The minimum Gasteiger partial charge on any atom is -0.497 e. The van der Waals surface area contributed by atoms with Crippen LogP contribution in [-0.4, -0.2) is 25.0 Å². The maximum Gasteiger partial charge on any atom is 0.234 e. The number of hydrogen-bond acceptors (Lipinski definition) is 5. The Hall–Kier alpha value is -2.99. The third kappa shape index (κ3) is 5.26. The lowest BCUT2D eigenvalue weighted by Crippen LogP contribution is -2.13. The van der Waals surface area contributed by atoms with E-state index in [0.717, 1.165) is 17.1 Å². The van der Waals surface area contributed by atoms with Gasteiger partial charge in [0.05, 0.1) is 24.8 Å². The lowest BCUT2D eigenvalue weighted by molar-refractivity contribution is -0.113. The fraction of sp³-hybridized carbons (Fsp3) is 0.100. The molecule has 26 heavy (non-hydrogen) atoms. The van der Waals surface area contributed by atoms with Crippen molar-refractivity contribution in [2.24, 2.45) is 4.99 Å². The number of hydrogen-bond donors (Lipinski definition) is 1. The SMILES string of the molecule is COc1ccc(N=Cc2ccc(SCC(=O)Nc3ccccc3)o2)cc1. The molecule has 132 valence electrons. The smallest absolute Gasteiger partial charge is 0.234 e. The third-order valence-corrected chi connectivity index (χ3v) is 4.33. The highest BCUT2D eigenvalue weighted by molar-refractivity contribution is 7.99. The Kier molecular flexibility index (Phi) is 6.11. The van der Waals surface area contributed by atoms with Gasteiger partial charge in [-0.3, -0.25) is 9.79 Å². The first kappa shape index (κ1) is 17.8. The van der Waals surface area contributed by atoms with Crippen LogP contribution >= 0.6 is 11.8 Å². The monoisotopic (exact) mass is 366 g/mol. The summed E-state index contributed by atoms with van der Waals surface area (Å²) in [5.74, 6) is 1.62. The number of nitrogens with zero attached hydrogens (tertiary/aromatic N) is 1. The van der Waals surface area contributed by atoms with Gasteiger partial charge in [-0.05, 0) is 48.5 Å². The van der Waals surface area contributed by atoms with Crippen molar-refractivity contribution in [2.75, 3.05) is 18.2 Å². The predicted octanol–water partition coefficient (Wildman–Crippen LogP) is 4.77. The number of carbonyl (C=O) groups excluding carboxylic acids is 1. The van der Waals surface area contributed by atoms with Crippen molar-refractivity contribution in [1.82, 2.24) is 0 Å². The van der Waals surface area contributed by atoms with Crippen LogP contribution in [0.25, 0.3) is 0 Å². The Morgan fingerprint density at radius 1 is 1.12 bits per heavy atom. The van der Waals surface area contributed by atoms with Crippen LogP contribution in [0.1, 0.15) is 5.76 Å². The second-order valence-corrected chi connectivity index (χ2v) is 6.30. The van der Waals surface area contributed by atoms with E-state index in [2.05, 4.69) is 10.3 Å². The fourth-order valence-corrected chi connectivity index (χ4v) is 2.81. The van der Waals surface area contributed by atoms with Crippen LogP contribution in [0.4, 0.5) is 11.4 Å². The van der Waals surface area contributed by atoms with Gasteiger partial charge in [0.25, 0.3) is 0 Å². The number of benzene rings is 2. The van der Waals surface area contributed by atoms with Gasteiger partial charge in [-0.25, -0.2) is 0 Å². The molecule has 3 aromatic rings. The molecule has 0 saturated carbocycles. The Labute approximate surface area is 156 Å². The van der Waals surface area contributed by atoms with E-state index in [1.54, 1.807) is 13.3 Å². The minimum atomic E-state index is -0.0777. The summed E-state index contributed by atoms with van der Waals surface area (Å²) in [6.07, 6.45) is 1.65. The summed E-state index contributed by atoms with van der Waals surface area (Å²) in [5.41, 5.74) is 1.59. The second-order valence-electron chi connectivity index (χ2n) is 5.32. The van der Waals surface area contributed by atoms with Crippen LogP contribution in [0.2, 0.25) is 0 Å². The number of aliphatic imine (C=N–C) groups is 1. The zero-order chi connectivity index (χ0) is 18.2. The molecule has 1 heterocycles. The van der Waals surface area contributed by atoms with Crippen LogP contribution in [0, 0.1) is 0 Å². The Morgan fingerprint density at radius 3 is 2.62 bits per heavy atom. The molecule has 0 aliphatic rings. The number of rotatable bonds is 7. The van der Waals surface area contributed by atoms with Crippen molar-refractivity contribution in [3.05, 3.63) is 72.5 Å². The van der Waals surface area contributed by atoms with Gasteiger partial charge in [-0.2, -0.15) is 0 Å². The molecule has 0 aliphatic carbocycles. The van der Waals surface area contributed by atoms with Gasteiger partial charge in [0.15, 0.2) is 5.09 Å². The van der Waals surface area contributed by atoms with Gasteiger partial charge in [0.2, 0.25) is 5.91 Å². The average Bonchev–Trinajstić information content (AvgIpc) is 3.14. The van der Waals surface area contributed by atoms with E-state index in [0.29, 0.717) is 10.9 Å². The number of anilines is 1. The summed E-state index contributed by atoms with van der Waals surface area (Å²) in [7, 11) is 1.63. The van der Waals surface area contributed by atoms with Crippen molar-refractivity contribution in [3.8, 4) is 5.75 Å². The summed E-state index contributed by atoms with van der Waals surface area (Å²) in [4.78, 5) is 16.3. The zero-order valence-corrected chi connectivity index (χ0v) is 15.0. The molecule has 5 nitrogen and oxygen atoms in total. The highest BCUT2D eigenvalue weighted by Crippen LogP contribution is 2.22. The quantitative estimate of drug-likeness (QED) is 0.483. The number of nitrogens with one attached hydrogen (secondary N) is 1. The minimum absolute atomic E-state index is 0.0777. The molecule has 0 atom stereocenters. The van der Waals surface area contributed by atoms with Gasteiger partial charge in [0.1, 0.15) is 11.5 Å². The summed E-state index contributed by atoms with van der Waals surface area (Å²) < 4.78 is 10.8. The largest absolute Gasteiger partial charge is 0.497 e. The predicted molar refractivity (Wildman–Crippen MR) is 105 cm³/mol. The normalized spacial score (nSPS) is 10.8. The zero-order valence-electron chi connectivity index (χ0n) is 14.2. The third-order valence-electron chi connectivity index (χ3n) is 3.42. The van der Waals surface area contributed by atoms with Crippen LogP contribution in [-0.2, 0) is 4.79 Å². The summed E-state index contributed by atoms with van der Waals surface area (Å²) in [6, 6.07) is 20.4. The standard InChI is InChI=1S/C20H18N2O3S/c1-24-17-9-7-15(8-10-17)21-13-18-11-12-20(25-18)26-14-19(23)22-16-5-3-2-4-6-16/h2-13H,14H2,1H3,(H,22,23). The van der Waals surface area contributed by atoms with E-state index >= 15 is 0 Å². The van der Waals surface area contributed by atoms with E-state index in [4.69, 9.17) is 9.15 Å². The summed E-state index contributed by atoms with van der Waals surface area (Å²) in [5, 5.41) is 3.51. The van der Waals surface area contributed by atoms with Gasteiger partial charge in [-0.15, -0.1) is 0 Å². The molecule has 1 N–H and O–H groups in total. The van der Waals surface area contributed by atoms with Crippen molar-refractivity contribution in [1.29, 1.82) is 0 Å². The first-order chi connectivity index (χ1) is 12.7. The molecule has 0 fully saturated rings. The topological polar surface area (TPSA) is 63.8 Å². The molecule has 0 saturated heterocycles. The number of ether oxygens (including phenoxy) is 1. The second kappa shape index (κ2) is 8.92. The van der Waals surface area contributed by atoms with Gasteiger partial charge < -0.3 is 14.5 Å². The first-order valence-corrected chi connectivity index (χ1v) is 8.97. The molecule has 6 heteroatoms. The van der Waals surface area contributed by atoms with Crippen LogP contribution in [0.3, 0.4) is 0 Å². The summed E-state index contributed by atoms with van der Waals surface area (Å²) >= 11 is 1.34. The maximum atomic E-state index is 11.9. The number of amides is 1. The van der Waals surface area contributed by atoms with E-state index in [1.165, 1.54) is 11.8 Å². The highest BCUT2D eigenvalue weighted by Gasteiger charge is 2.06. The van der Waals surface area contributed by atoms with Crippen molar-refractivity contribution >= 4 is 35.3 Å². The van der Waals surface area contributed by atoms with Gasteiger partial charge in [0, 0.05) is 5.69 Å². The highest BCUT2D eigenvalue weighted by atomic mass is 32.2. The molecular weight excluding hydrogens is 348 g/mol. The Morgan fingerprint density at radius 2 is 1.88 bits per heavy atom. The molecule has 0 bridgehead atoms. The van der Waals surface area contributed by atoms with Gasteiger partial charge >= 0.3 is 0 Å². The molecule has 1 amide bonds. The number of methoxy groups -OCH3 is 1.